The lowest BCUT2D eigenvalue weighted by atomic mass is 10.1. The van der Waals surface area contributed by atoms with Crippen LogP contribution in [0.4, 0.5) is 0 Å². The molecule has 2 rings (SSSR count). The first kappa shape index (κ1) is 16.3. The number of piperidine rings is 1. The normalized spacial score (nSPS) is 18.9. The number of hydrogen-bond donors (Lipinski definition) is 0. The van der Waals surface area contributed by atoms with Crippen LogP contribution in [-0.2, 0) is 15.9 Å². The molecule has 0 atom stereocenters. The van der Waals surface area contributed by atoms with Gasteiger partial charge in [-0.15, -0.1) is 11.6 Å². The standard InChI is InChI=1S/C12H18BrClN2O3S/c1-15-5-3-9(4-6-15)16(2)20(17,18)11-7-10(8-14)19-12(11)13/h7,9H,3-6,8H2,1-2H3. The van der Waals surface area contributed by atoms with Crippen molar-refractivity contribution in [3.63, 3.8) is 0 Å². The molecule has 1 aromatic heterocycles. The molecule has 5 nitrogen and oxygen atoms in total. The lowest BCUT2D eigenvalue weighted by Crippen LogP contribution is -2.44. The molecule has 1 aliphatic heterocycles. The molecule has 0 amide bonds. The minimum Gasteiger partial charge on any atom is -0.452 e. The summed E-state index contributed by atoms with van der Waals surface area (Å²) in [5.74, 6) is 0.584. The molecule has 0 radical (unpaired) electrons. The largest absolute Gasteiger partial charge is 0.452 e. The summed E-state index contributed by atoms with van der Waals surface area (Å²) in [7, 11) is 0.115. The number of alkyl halides is 1. The van der Waals surface area contributed by atoms with Gasteiger partial charge in [-0.1, -0.05) is 0 Å². The molecule has 1 aliphatic rings. The molecule has 0 unspecified atom stereocenters. The van der Waals surface area contributed by atoms with Gasteiger partial charge >= 0.3 is 0 Å². The molecule has 0 aliphatic carbocycles. The Kier molecular flexibility index (Phi) is 5.18. The van der Waals surface area contributed by atoms with Crippen molar-refractivity contribution in [1.82, 2.24) is 9.21 Å². The van der Waals surface area contributed by atoms with Gasteiger partial charge in [0.1, 0.15) is 10.7 Å². The van der Waals surface area contributed by atoms with Crippen LogP contribution in [0.5, 0.6) is 0 Å². The van der Waals surface area contributed by atoms with Gasteiger partial charge in [0, 0.05) is 19.2 Å². The van der Waals surface area contributed by atoms with Crippen LogP contribution < -0.4 is 0 Å². The van der Waals surface area contributed by atoms with E-state index in [9.17, 15) is 8.42 Å². The van der Waals surface area contributed by atoms with Gasteiger partial charge in [-0.05, 0) is 48.9 Å². The van der Waals surface area contributed by atoms with Gasteiger partial charge in [0.15, 0.2) is 4.67 Å². The van der Waals surface area contributed by atoms with Crippen molar-refractivity contribution < 1.29 is 12.8 Å². The predicted octanol–water partition coefficient (Wildman–Crippen LogP) is 2.50. The predicted molar refractivity (Wildman–Crippen MR) is 81.4 cm³/mol. The first-order valence-corrected chi connectivity index (χ1v) is 9.13. The van der Waals surface area contributed by atoms with E-state index in [2.05, 4.69) is 20.8 Å². The molecule has 20 heavy (non-hydrogen) atoms. The highest BCUT2D eigenvalue weighted by atomic mass is 79.9. The zero-order chi connectivity index (χ0) is 14.9. The number of sulfonamides is 1. The summed E-state index contributed by atoms with van der Waals surface area (Å²) in [6.07, 6.45) is 1.67. The van der Waals surface area contributed by atoms with Gasteiger partial charge in [-0.3, -0.25) is 0 Å². The van der Waals surface area contributed by atoms with E-state index in [1.165, 1.54) is 10.4 Å². The van der Waals surface area contributed by atoms with E-state index in [-0.39, 0.29) is 21.5 Å². The average molecular weight is 386 g/mol. The number of furan rings is 1. The van der Waals surface area contributed by atoms with Crippen LogP contribution in [0.2, 0.25) is 0 Å². The molecular formula is C12H18BrClN2O3S. The summed E-state index contributed by atoms with van der Waals surface area (Å²) in [6, 6.07) is 1.51. The molecule has 8 heteroatoms. The molecule has 1 fully saturated rings. The van der Waals surface area contributed by atoms with Crippen LogP contribution in [0.15, 0.2) is 20.0 Å². The Morgan fingerprint density at radius 3 is 2.60 bits per heavy atom. The van der Waals surface area contributed by atoms with Crippen molar-refractivity contribution >= 4 is 37.6 Å². The summed E-state index contributed by atoms with van der Waals surface area (Å²) < 4.78 is 32.2. The van der Waals surface area contributed by atoms with E-state index < -0.39 is 10.0 Å². The number of halogens is 2. The molecule has 0 N–H and O–H groups in total. The molecular weight excluding hydrogens is 368 g/mol. The second-order valence-corrected chi connectivity index (χ2v) is 7.99. The van der Waals surface area contributed by atoms with Gasteiger partial charge in [-0.2, -0.15) is 4.31 Å². The molecule has 1 aromatic rings. The Morgan fingerprint density at radius 1 is 1.50 bits per heavy atom. The average Bonchev–Trinajstić information content (AvgIpc) is 2.81. The third-order valence-electron chi connectivity index (χ3n) is 3.70. The molecule has 114 valence electrons. The summed E-state index contributed by atoms with van der Waals surface area (Å²) in [6.45, 7) is 1.81. The van der Waals surface area contributed by atoms with Crippen molar-refractivity contribution in [3.05, 3.63) is 16.5 Å². The Balaban J connectivity index is 2.22. The van der Waals surface area contributed by atoms with E-state index in [0.717, 1.165) is 25.9 Å². The Labute approximate surface area is 133 Å². The Hall–Kier alpha value is -0.0800. The van der Waals surface area contributed by atoms with Crippen molar-refractivity contribution in [1.29, 1.82) is 0 Å². The van der Waals surface area contributed by atoms with Crippen LogP contribution in [-0.4, -0.2) is 50.8 Å². The van der Waals surface area contributed by atoms with Gasteiger partial charge < -0.3 is 9.32 Å². The summed E-state index contributed by atoms with van der Waals surface area (Å²) >= 11 is 8.83. The molecule has 0 aromatic carbocycles. The van der Waals surface area contributed by atoms with E-state index in [4.69, 9.17) is 16.0 Å². The molecule has 0 bridgehead atoms. The SMILES string of the molecule is CN1CCC(N(C)S(=O)(=O)c2cc(CCl)oc2Br)CC1. The number of hydrogen-bond acceptors (Lipinski definition) is 4. The van der Waals surface area contributed by atoms with Crippen molar-refractivity contribution in [3.8, 4) is 0 Å². The maximum absolute atomic E-state index is 12.6. The maximum atomic E-state index is 12.6. The van der Waals surface area contributed by atoms with E-state index in [1.807, 2.05) is 7.05 Å². The molecule has 2 heterocycles. The smallest absolute Gasteiger partial charge is 0.247 e. The molecule has 0 spiro atoms. The fourth-order valence-electron chi connectivity index (χ4n) is 2.35. The highest BCUT2D eigenvalue weighted by molar-refractivity contribution is 9.10. The summed E-state index contributed by atoms with van der Waals surface area (Å²) in [4.78, 5) is 2.35. The summed E-state index contributed by atoms with van der Waals surface area (Å²) in [5.41, 5.74) is 0. The second-order valence-electron chi connectivity index (χ2n) is 5.04. The van der Waals surface area contributed by atoms with Crippen LogP contribution in [0.25, 0.3) is 0 Å². The molecule has 0 saturated carbocycles. The molecule has 1 saturated heterocycles. The van der Waals surface area contributed by atoms with Gasteiger partial charge in [0.05, 0.1) is 5.88 Å². The third-order valence-corrected chi connectivity index (χ3v) is 6.73. The van der Waals surface area contributed by atoms with Crippen molar-refractivity contribution in [2.45, 2.75) is 29.7 Å². The monoisotopic (exact) mass is 384 g/mol. The van der Waals surface area contributed by atoms with Gasteiger partial charge in [-0.25, -0.2) is 8.42 Å². The quantitative estimate of drug-likeness (QED) is 0.747. The second kappa shape index (κ2) is 6.36. The highest BCUT2D eigenvalue weighted by Crippen LogP contribution is 2.31. The van der Waals surface area contributed by atoms with E-state index >= 15 is 0 Å². The number of nitrogens with zero attached hydrogens (tertiary/aromatic N) is 2. The zero-order valence-electron chi connectivity index (χ0n) is 11.5. The minimum absolute atomic E-state index is 0.0254. The first-order chi connectivity index (χ1) is 9.36. The van der Waals surface area contributed by atoms with Crippen molar-refractivity contribution in [2.75, 3.05) is 27.2 Å². The van der Waals surface area contributed by atoms with E-state index in [0.29, 0.717) is 5.76 Å². The van der Waals surface area contributed by atoms with Crippen LogP contribution in [0.3, 0.4) is 0 Å². The number of likely N-dealkylation sites (tertiary alicyclic amines) is 1. The summed E-state index contributed by atoms with van der Waals surface area (Å²) in [5, 5.41) is 0. The Bertz CT molecular complexity index is 567. The van der Waals surface area contributed by atoms with Crippen molar-refractivity contribution in [2.24, 2.45) is 0 Å². The highest BCUT2D eigenvalue weighted by Gasteiger charge is 2.33. The maximum Gasteiger partial charge on any atom is 0.247 e. The van der Waals surface area contributed by atoms with Crippen LogP contribution >= 0.6 is 27.5 Å². The minimum atomic E-state index is -3.56. The van der Waals surface area contributed by atoms with Crippen LogP contribution in [0.1, 0.15) is 18.6 Å². The zero-order valence-corrected chi connectivity index (χ0v) is 14.6. The first-order valence-electron chi connectivity index (χ1n) is 6.37. The third kappa shape index (κ3) is 3.22. The topological polar surface area (TPSA) is 53.8 Å². The van der Waals surface area contributed by atoms with Gasteiger partial charge in [0.2, 0.25) is 10.0 Å². The van der Waals surface area contributed by atoms with Crippen LogP contribution in [0, 0.1) is 0 Å². The van der Waals surface area contributed by atoms with E-state index in [1.54, 1.807) is 7.05 Å². The lowest BCUT2D eigenvalue weighted by Gasteiger charge is -2.34. The fraction of sp³-hybridized carbons (Fsp3) is 0.667. The Morgan fingerprint density at radius 2 is 2.10 bits per heavy atom. The number of rotatable bonds is 4. The lowest BCUT2D eigenvalue weighted by molar-refractivity contribution is 0.197. The van der Waals surface area contributed by atoms with Gasteiger partial charge in [0.25, 0.3) is 0 Å². The fourth-order valence-corrected chi connectivity index (χ4v) is 4.86.